The first kappa shape index (κ1) is 14.1. The van der Waals surface area contributed by atoms with Crippen LogP contribution < -0.4 is 5.32 Å². The number of carbonyl (C=O) groups is 2. The van der Waals surface area contributed by atoms with E-state index in [1.165, 1.54) is 4.90 Å². The molecule has 2 aliphatic heterocycles. The lowest BCUT2D eigenvalue weighted by Gasteiger charge is -2.29. The van der Waals surface area contributed by atoms with E-state index in [1.54, 1.807) is 6.92 Å². The average molecular weight is 290 g/mol. The molecule has 0 radical (unpaired) electrons. The van der Waals surface area contributed by atoms with Crippen LogP contribution in [0.25, 0.3) is 0 Å². The lowest BCUT2D eigenvalue weighted by molar-refractivity contribution is -0.141. The molecular formula is C11H18N2O5S. The van der Waals surface area contributed by atoms with Gasteiger partial charge in [-0.3, -0.25) is 0 Å². The molecule has 2 heterocycles. The zero-order valence-corrected chi connectivity index (χ0v) is 11.6. The van der Waals surface area contributed by atoms with Crippen molar-refractivity contribution < 1.29 is 23.1 Å². The number of urea groups is 1. The van der Waals surface area contributed by atoms with Crippen molar-refractivity contribution >= 4 is 21.8 Å². The Balaban J connectivity index is 2.04. The summed E-state index contributed by atoms with van der Waals surface area (Å²) in [5.41, 5.74) is -0.790. The van der Waals surface area contributed by atoms with E-state index >= 15 is 0 Å². The van der Waals surface area contributed by atoms with Crippen LogP contribution in [0.1, 0.15) is 26.2 Å². The summed E-state index contributed by atoms with van der Waals surface area (Å²) >= 11 is 0. The van der Waals surface area contributed by atoms with Crippen LogP contribution in [0, 0.1) is 0 Å². The quantitative estimate of drug-likeness (QED) is 0.734. The predicted octanol–water partition coefficient (Wildman–Crippen LogP) is -0.178. The Labute approximate surface area is 111 Å². The van der Waals surface area contributed by atoms with Gasteiger partial charge in [0.2, 0.25) is 0 Å². The molecule has 7 nitrogen and oxygen atoms in total. The summed E-state index contributed by atoms with van der Waals surface area (Å²) in [5.74, 6) is -1.04. The minimum Gasteiger partial charge on any atom is -0.480 e. The number of hydrogen-bond donors (Lipinski definition) is 2. The second-order valence-corrected chi connectivity index (χ2v) is 7.71. The van der Waals surface area contributed by atoms with Crippen molar-refractivity contribution in [3.8, 4) is 0 Å². The third-order valence-electron chi connectivity index (χ3n) is 3.71. The SMILES string of the molecule is CC1(NC(=O)N2CCC[C@@H]2C(=O)O)CCS(=O)(=O)C1. The monoisotopic (exact) mass is 290 g/mol. The lowest BCUT2D eigenvalue weighted by Crippen LogP contribution is -2.54. The number of sulfone groups is 1. The molecule has 2 aliphatic rings. The van der Waals surface area contributed by atoms with Gasteiger partial charge in [0, 0.05) is 6.54 Å². The van der Waals surface area contributed by atoms with E-state index in [1.807, 2.05) is 0 Å². The maximum Gasteiger partial charge on any atom is 0.326 e. The smallest absolute Gasteiger partial charge is 0.326 e. The highest BCUT2D eigenvalue weighted by Gasteiger charge is 2.42. The molecule has 108 valence electrons. The van der Waals surface area contributed by atoms with Crippen LogP contribution in [-0.4, -0.2) is 60.1 Å². The fraction of sp³-hybridized carbons (Fsp3) is 0.818. The van der Waals surface area contributed by atoms with Crippen molar-refractivity contribution in [1.29, 1.82) is 0 Å². The molecule has 2 rings (SSSR count). The number of amides is 2. The van der Waals surface area contributed by atoms with Crippen LogP contribution in [0.4, 0.5) is 4.79 Å². The topological polar surface area (TPSA) is 104 Å². The highest BCUT2D eigenvalue weighted by Crippen LogP contribution is 2.24. The van der Waals surface area contributed by atoms with E-state index in [4.69, 9.17) is 5.11 Å². The summed E-state index contributed by atoms with van der Waals surface area (Å²) in [7, 11) is -3.10. The van der Waals surface area contributed by atoms with Gasteiger partial charge in [-0.2, -0.15) is 0 Å². The molecule has 1 unspecified atom stereocenters. The summed E-state index contributed by atoms with van der Waals surface area (Å²) in [6, 6.07) is -1.29. The Hall–Kier alpha value is -1.31. The second-order valence-electron chi connectivity index (χ2n) is 5.52. The molecule has 2 atom stereocenters. The third-order valence-corrected chi connectivity index (χ3v) is 5.61. The number of hydrogen-bond acceptors (Lipinski definition) is 4. The van der Waals surface area contributed by atoms with Gasteiger partial charge in [-0.15, -0.1) is 0 Å². The summed E-state index contributed by atoms with van der Waals surface area (Å²) < 4.78 is 22.9. The number of aliphatic carboxylic acids is 1. The highest BCUT2D eigenvalue weighted by atomic mass is 32.2. The van der Waals surface area contributed by atoms with Crippen molar-refractivity contribution in [2.75, 3.05) is 18.1 Å². The zero-order chi connectivity index (χ0) is 14.3. The molecule has 8 heteroatoms. The van der Waals surface area contributed by atoms with Gasteiger partial charge in [0.05, 0.1) is 17.0 Å². The van der Waals surface area contributed by atoms with Crippen LogP contribution in [0.5, 0.6) is 0 Å². The Morgan fingerprint density at radius 2 is 2.11 bits per heavy atom. The molecular weight excluding hydrogens is 272 g/mol. The number of carboxylic acids is 1. The van der Waals surface area contributed by atoms with E-state index < -0.39 is 33.4 Å². The van der Waals surface area contributed by atoms with Crippen LogP contribution in [0.15, 0.2) is 0 Å². The van der Waals surface area contributed by atoms with Crippen LogP contribution in [0.2, 0.25) is 0 Å². The van der Waals surface area contributed by atoms with E-state index in [2.05, 4.69) is 5.32 Å². The summed E-state index contributed by atoms with van der Waals surface area (Å²) in [5, 5.41) is 11.7. The number of likely N-dealkylation sites (tertiary alicyclic amines) is 1. The van der Waals surface area contributed by atoms with Crippen LogP contribution in [-0.2, 0) is 14.6 Å². The fourth-order valence-electron chi connectivity index (χ4n) is 2.71. The normalized spacial score (nSPS) is 33.3. The molecule has 2 fully saturated rings. The Morgan fingerprint density at radius 3 is 2.63 bits per heavy atom. The maximum atomic E-state index is 12.1. The first-order chi connectivity index (χ1) is 8.72. The number of rotatable bonds is 2. The molecule has 0 aromatic carbocycles. The van der Waals surface area contributed by atoms with Gasteiger partial charge < -0.3 is 15.3 Å². The average Bonchev–Trinajstić information content (AvgIpc) is 2.83. The standard InChI is InChI=1S/C11H18N2O5S/c1-11(4-6-19(17,18)7-11)12-10(16)13-5-2-3-8(13)9(14)15/h8H,2-7H2,1H3,(H,12,16)(H,14,15)/t8-,11?/m1/s1. The van der Waals surface area contributed by atoms with Gasteiger partial charge in [0.25, 0.3) is 0 Å². The van der Waals surface area contributed by atoms with Gasteiger partial charge >= 0.3 is 12.0 Å². The number of nitrogens with zero attached hydrogens (tertiary/aromatic N) is 1. The van der Waals surface area contributed by atoms with E-state index in [-0.39, 0.29) is 11.5 Å². The molecule has 0 aromatic rings. The van der Waals surface area contributed by atoms with Gasteiger partial charge in [0.1, 0.15) is 6.04 Å². The van der Waals surface area contributed by atoms with Crippen LogP contribution >= 0.6 is 0 Å². The minimum atomic E-state index is -3.10. The molecule has 2 saturated heterocycles. The molecule has 2 N–H and O–H groups in total. The van der Waals surface area contributed by atoms with Crippen LogP contribution in [0.3, 0.4) is 0 Å². The van der Waals surface area contributed by atoms with Gasteiger partial charge in [0.15, 0.2) is 9.84 Å². The van der Waals surface area contributed by atoms with Crippen molar-refractivity contribution in [3.63, 3.8) is 0 Å². The Kier molecular flexibility index (Phi) is 3.46. The van der Waals surface area contributed by atoms with Gasteiger partial charge in [-0.05, 0) is 26.2 Å². The molecule has 0 saturated carbocycles. The van der Waals surface area contributed by atoms with E-state index in [9.17, 15) is 18.0 Å². The van der Waals surface area contributed by atoms with Crippen molar-refractivity contribution in [1.82, 2.24) is 10.2 Å². The highest BCUT2D eigenvalue weighted by molar-refractivity contribution is 7.91. The third kappa shape index (κ3) is 2.99. The van der Waals surface area contributed by atoms with Gasteiger partial charge in [-0.1, -0.05) is 0 Å². The van der Waals surface area contributed by atoms with Crippen molar-refractivity contribution in [3.05, 3.63) is 0 Å². The summed E-state index contributed by atoms with van der Waals surface area (Å²) in [6.45, 7) is 2.08. The number of nitrogens with one attached hydrogen (secondary N) is 1. The predicted molar refractivity (Wildman–Crippen MR) is 67.6 cm³/mol. The second kappa shape index (κ2) is 4.66. The molecule has 0 aromatic heterocycles. The molecule has 0 bridgehead atoms. The maximum absolute atomic E-state index is 12.1. The number of carbonyl (C=O) groups excluding carboxylic acids is 1. The zero-order valence-electron chi connectivity index (χ0n) is 10.8. The summed E-state index contributed by atoms with van der Waals surface area (Å²) in [4.78, 5) is 24.4. The largest absolute Gasteiger partial charge is 0.480 e. The number of carboxylic acid groups (broad SMARTS) is 1. The first-order valence-electron chi connectivity index (χ1n) is 6.24. The lowest BCUT2D eigenvalue weighted by atomic mass is 10.0. The fourth-order valence-corrected chi connectivity index (χ4v) is 4.80. The van der Waals surface area contributed by atoms with Gasteiger partial charge in [-0.25, -0.2) is 18.0 Å². The Morgan fingerprint density at radius 1 is 1.42 bits per heavy atom. The minimum absolute atomic E-state index is 0.0616. The van der Waals surface area contributed by atoms with Crippen molar-refractivity contribution in [2.24, 2.45) is 0 Å². The Bertz CT molecular complexity index is 503. The summed E-state index contributed by atoms with van der Waals surface area (Å²) in [6.07, 6.45) is 1.46. The molecule has 2 amide bonds. The van der Waals surface area contributed by atoms with Crippen molar-refractivity contribution in [2.45, 2.75) is 37.8 Å². The molecule has 19 heavy (non-hydrogen) atoms. The van der Waals surface area contributed by atoms with E-state index in [0.717, 1.165) is 0 Å². The molecule has 0 aliphatic carbocycles. The first-order valence-corrected chi connectivity index (χ1v) is 8.07. The molecule has 0 spiro atoms. The van der Waals surface area contributed by atoms with E-state index in [0.29, 0.717) is 25.8 Å².